The van der Waals surface area contributed by atoms with Crippen molar-refractivity contribution in [3.05, 3.63) is 0 Å². The summed E-state index contributed by atoms with van der Waals surface area (Å²) in [5.41, 5.74) is 6.26. The molecule has 1 nitrogen and oxygen atoms in total. The summed E-state index contributed by atoms with van der Waals surface area (Å²) in [6.45, 7) is 6.93. The molecular formula is C12H25NS2. The maximum atomic E-state index is 6.26. The van der Waals surface area contributed by atoms with Gasteiger partial charge in [0.15, 0.2) is 0 Å². The van der Waals surface area contributed by atoms with Crippen LogP contribution in [0.1, 0.15) is 46.5 Å². The van der Waals surface area contributed by atoms with E-state index in [-0.39, 0.29) is 0 Å². The van der Waals surface area contributed by atoms with Crippen LogP contribution >= 0.6 is 23.5 Å². The summed E-state index contributed by atoms with van der Waals surface area (Å²) in [4.78, 5) is 0. The molecular weight excluding hydrogens is 222 g/mol. The molecule has 1 aliphatic heterocycles. The Hall–Kier alpha value is 0.660. The Labute approximate surface area is 103 Å². The summed E-state index contributed by atoms with van der Waals surface area (Å²) < 4.78 is 0. The van der Waals surface area contributed by atoms with Crippen molar-refractivity contribution in [2.24, 2.45) is 5.73 Å². The lowest BCUT2D eigenvalue weighted by Gasteiger charge is -2.34. The van der Waals surface area contributed by atoms with E-state index in [0.29, 0.717) is 11.3 Å². The first-order valence-corrected chi connectivity index (χ1v) is 8.17. The van der Waals surface area contributed by atoms with Crippen LogP contribution in [-0.4, -0.2) is 27.5 Å². The largest absolute Gasteiger partial charge is 0.327 e. The van der Waals surface area contributed by atoms with Crippen molar-refractivity contribution >= 4 is 23.5 Å². The molecule has 1 heterocycles. The standard InChI is InChI=1S/C12H25NS2/c1-4-5-6-7-11(13)12-8-14-9(2)10(3)15-12/h9-12H,4-8,13H2,1-3H3. The Morgan fingerprint density at radius 3 is 2.60 bits per heavy atom. The molecule has 1 saturated heterocycles. The highest BCUT2D eigenvalue weighted by molar-refractivity contribution is 8.07. The molecule has 0 spiro atoms. The number of hydrogen-bond acceptors (Lipinski definition) is 3. The van der Waals surface area contributed by atoms with Gasteiger partial charge in [0, 0.05) is 27.5 Å². The zero-order valence-corrected chi connectivity index (χ0v) is 11.9. The van der Waals surface area contributed by atoms with Gasteiger partial charge in [0.1, 0.15) is 0 Å². The van der Waals surface area contributed by atoms with Gasteiger partial charge in [0.2, 0.25) is 0 Å². The summed E-state index contributed by atoms with van der Waals surface area (Å²) in [5, 5.41) is 2.26. The van der Waals surface area contributed by atoms with E-state index >= 15 is 0 Å². The summed E-state index contributed by atoms with van der Waals surface area (Å²) >= 11 is 4.22. The lowest BCUT2D eigenvalue weighted by atomic mass is 10.1. The van der Waals surface area contributed by atoms with Gasteiger partial charge < -0.3 is 5.73 Å². The molecule has 4 unspecified atom stereocenters. The normalized spacial score (nSPS) is 34.0. The van der Waals surface area contributed by atoms with E-state index in [4.69, 9.17) is 5.73 Å². The van der Waals surface area contributed by atoms with Crippen molar-refractivity contribution in [3.8, 4) is 0 Å². The Kier molecular flexibility index (Phi) is 6.48. The van der Waals surface area contributed by atoms with E-state index in [1.54, 1.807) is 0 Å². The monoisotopic (exact) mass is 247 g/mol. The third kappa shape index (κ3) is 4.58. The Morgan fingerprint density at radius 1 is 1.27 bits per heavy atom. The Bertz CT molecular complexity index is 175. The molecule has 1 fully saturated rings. The molecule has 2 N–H and O–H groups in total. The number of thioether (sulfide) groups is 2. The second kappa shape index (κ2) is 7.08. The third-order valence-corrected chi connectivity index (χ3v) is 6.76. The zero-order valence-electron chi connectivity index (χ0n) is 10.2. The van der Waals surface area contributed by atoms with Crippen LogP contribution in [-0.2, 0) is 0 Å². The minimum atomic E-state index is 0.420. The molecule has 0 aromatic heterocycles. The summed E-state index contributed by atoms with van der Waals surface area (Å²) in [6, 6.07) is 0.420. The number of rotatable bonds is 5. The minimum absolute atomic E-state index is 0.420. The van der Waals surface area contributed by atoms with Crippen molar-refractivity contribution < 1.29 is 0 Å². The van der Waals surface area contributed by atoms with Crippen molar-refractivity contribution in [2.75, 3.05) is 5.75 Å². The molecule has 0 aromatic carbocycles. The molecule has 15 heavy (non-hydrogen) atoms. The van der Waals surface area contributed by atoms with Gasteiger partial charge in [0.25, 0.3) is 0 Å². The van der Waals surface area contributed by atoms with E-state index in [9.17, 15) is 0 Å². The highest BCUT2D eigenvalue weighted by Gasteiger charge is 2.29. The summed E-state index contributed by atoms with van der Waals surface area (Å²) in [5.74, 6) is 1.25. The summed E-state index contributed by atoms with van der Waals surface area (Å²) in [7, 11) is 0. The quantitative estimate of drug-likeness (QED) is 0.753. The first kappa shape index (κ1) is 13.7. The third-order valence-electron chi connectivity index (χ3n) is 3.19. The fourth-order valence-electron chi connectivity index (χ4n) is 1.85. The fourth-order valence-corrected chi connectivity index (χ4v) is 4.95. The SMILES string of the molecule is CCCCCC(N)C1CSC(C)C(C)S1. The fraction of sp³-hybridized carbons (Fsp3) is 1.00. The number of hydrogen-bond donors (Lipinski definition) is 1. The van der Waals surface area contributed by atoms with Crippen LogP contribution in [0.3, 0.4) is 0 Å². The van der Waals surface area contributed by atoms with E-state index in [0.717, 1.165) is 10.5 Å². The zero-order chi connectivity index (χ0) is 11.3. The molecule has 0 radical (unpaired) electrons. The van der Waals surface area contributed by atoms with Crippen LogP contribution in [0.15, 0.2) is 0 Å². The van der Waals surface area contributed by atoms with Crippen molar-refractivity contribution in [1.82, 2.24) is 0 Å². The van der Waals surface area contributed by atoms with Crippen LogP contribution < -0.4 is 5.73 Å². The molecule has 1 aliphatic rings. The average Bonchev–Trinajstić information content (AvgIpc) is 2.22. The van der Waals surface area contributed by atoms with Crippen molar-refractivity contribution in [3.63, 3.8) is 0 Å². The molecule has 3 heteroatoms. The molecule has 0 aromatic rings. The maximum Gasteiger partial charge on any atom is 0.0292 e. The predicted octanol–water partition coefficient (Wildman–Crippen LogP) is 3.52. The van der Waals surface area contributed by atoms with Gasteiger partial charge in [-0.25, -0.2) is 0 Å². The van der Waals surface area contributed by atoms with Crippen molar-refractivity contribution in [1.29, 1.82) is 0 Å². The topological polar surface area (TPSA) is 26.0 Å². The highest BCUT2D eigenvalue weighted by atomic mass is 32.2. The molecule has 1 rings (SSSR count). The number of unbranched alkanes of at least 4 members (excludes halogenated alkanes) is 2. The van der Waals surface area contributed by atoms with Crippen LogP contribution in [0.4, 0.5) is 0 Å². The van der Waals surface area contributed by atoms with Crippen LogP contribution in [0.5, 0.6) is 0 Å². The summed E-state index contributed by atoms with van der Waals surface area (Å²) in [6.07, 6.45) is 5.16. The molecule has 0 bridgehead atoms. The molecule has 0 saturated carbocycles. The van der Waals surface area contributed by atoms with E-state index in [1.807, 2.05) is 0 Å². The first-order chi connectivity index (χ1) is 7.15. The minimum Gasteiger partial charge on any atom is -0.327 e. The molecule has 0 aliphatic carbocycles. The Balaban J connectivity index is 2.24. The maximum absolute atomic E-state index is 6.26. The van der Waals surface area contributed by atoms with Crippen LogP contribution in [0, 0.1) is 0 Å². The molecule has 90 valence electrons. The lowest BCUT2D eigenvalue weighted by molar-refractivity contribution is 0.555. The van der Waals surface area contributed by atoms with Gasteiger partial charge in [-0.1, -0.05) is 40.0 Å². The van der Waals surface area contributed by atoms with E-state index in [2.05, 4.69) is 44.3 Å². The van der Waals surface area contributed by atoms with Gasteiger partial charge in [-0.2, -0.15) is 23.5 Å². The van der Waals surface area contributed by atoms with Crippen molar-refractivity contribution in [2.45, 2.75) is 68.2 Å². The number of nitrogens with two attached hydrogens (primary N) is 1. The van der Waals surface area contributed by atoms with Crippen LogP contribution in [0.2, 0.25) is 0 Å². The van der Waals surface area contributed by atoms with Gasteiger partial charge in [-0.3, -0.25) is 0 Å². The predicted molar refractivity (Wildman–Crippen MR) is 74.9 cm³/mol. The highest BCUT2D eigenvalue weighted by Crippen LogP contribution is 2.37. The Morgan fingerprint density at radius 2 is 2.00 bits per heavy atom. The van der Waals surface area contributed by atoms with Gasteiger partial charge in [-0.05, 0) is 6.42 Å². The van der Waals surface area contributed by atoms with E-state index < -0.39 is 0 Å². The molecule has 4 atom stereocenters. The first-order valence-electron chi connectivity index (χ1n) is 6.17. The van der Waals surface area contributed by atoms with Gasteiger partial charge in [0.05, 0.1) is 0 Å². The molecule has 0 amide bonds. The smallest absolute Gasteiger partial charge is 0.0292 e. The second-order valence-corrected chi connectivity index (χ2v) is 7.61. The van der Waals surface area contributed by atoms with Gasteiger partial charge in [-0.15, -0.1) is 0 Å². The lowest BCUT2D eigenvalue weighted by Crippen LogP contribution is -2.39. The average molecular weight is 247 g/mol. The second-order valence-electron chi connectivity index (χ2n) is 4.58. The van der Waals surface area contributed by atoms with E-state index in [1.165, 1.54) is 31.4 Å². The van der Waals surface area contributed by atoms with Crippen LogP contribution in [0.25, 0.3) is 0 Å². The van der Waals surface area contributed by atoms with Gasteiger partial charge >= 0.3 is 0 Å².